The molecule has 0 aliphatic heterocycles. The number of rotatable bonds is 2. The summed E-state index contributed by atoms with van der Waals surface area (Å²) >= 11 is 0. The molecule has 0 unspecified atom stereocenters. The maximum Gasteiger partial charge on any atom is 0.417 e. The summed E-state index contributed by atoms with van der Waals surface area (Å²) in [5.74, 6) is -0.773. The molecule has 3 aromatic rings. The van der Waals surface area contributed by atoms with E-state index in [1.807, 2.05) is 0 Å². The Labute approximate surface area is 128 Å². The summed E-state index contributed by atoms with van der Waals surface area (Å²) in [7, 11) is 1.21. The molecule has 0 saturated heterocycles. The number of fused-ring (bicyclic) bond motifs is 1. The van der Waals surface area contributed by atoms with E-state index in [4.69, 9.17) is 0 Å². The molecule has 1 aromatic carbocycles. The first kappa shape index (κ1) is 15.0. The van der Waals surface area contributed by atoms with Crippen LogP contribution in [0.25, 0.3) is 17.0 Å². The minimum atomic E-state index is -4.53. The maximum atomic E-state index is 13.1. The van der Waals surface area contributed by atoms with E-state index in [0.29, 0.717) is 0 Å². The lowest BCUT2D eigenvalue weighted by Gasteiger charge is -2.09. The van der Waals surface area contributed by atoms with Crippen LogP contribution in [0.3, 0.4) is 0 Å². The van der Waals surface area contributed by atoms with Crippen molar-refractivity contribution in [2.45, 2.75) is 6.18 Å². The third-order valence-corrected chi connectivity index (χ3v) is 3.23. The fourth-order valence-corrected chi connectivity index (χ4v) is 2.20. The molecule has 0 fully saturated rings. The summed E-state index contributed by atoms with van der Waals surface area (Å²) in [6.07, 6.45) is -4.53. The van der Waals surface area contributed by atoms with Crippen LogP contribution in [-0.2, 0) is 10.9 Å². The SMILES string of the molecule is COC(=O)c1cccc2nc(-c3ccccc3C(F)(F)F)nn12. The number of methoxy groups -OCH3 is 1. The zero-order valence-electron chi connectivity index (χ0n) is 11.8. The summed E-state index contributed by atoms with van der Waals surface area (Å²) in [5.41, 5.74) is -0.664. The van der Waals surface area contributed by atoms with Gasteiger partial charge in [0.05, 0.1) is 12.7 Å². The first-order chi connectivity index (χ1) is 10.9. The van der Waals surface area contributed by atoms with Crippen molar-refractivity contribution >= 4 is 11.6 Å². The first-order valence-corrected chi connectivity index (χ1v) is 6.52. The zero-order valence-corrected chi connectivity index (χ0v) is 11.8. The highest BCUT2D eigenvalue weighted by Gasteiger charge is 2.34. The molecule has 0 amide bonds. The van der Waals surface area contributed by atoms with Gasteiger partial charge in [0.25, 0.3) is 0 Å². The lowest BCUT2D eigenvalue weighted by atomic mass is 10.1. The van der Waals surface area contributed by atoms with E-state index in [-0.39, 0.29) is 22.7 Å². The van der Waals surface area contributed by atoms with Gasteiger partial charge in [0.2, 0.25) is 0 Å². The summed E-state index contributed by atoms with van der Waals surface area (Å²) in [6, 6.07) is 9.55. The molecule has 0 saturated carbocycles. The minimum Gasteiger partial charge on any atom is -0.464 e. The molecule has 0 aliphatic rings. The number of pyridine rings is 1. The van der Waals surface area contributed by atoms with Gasteiger partial charge in [0.1, 0.15) is 0 Å². The molecule has 8 heteroatoms. The number of carbonyl (C=O) groups is 1. The fourth-order valence-electron chi connectivity index (χ4n) is 2.20. The molecule has 0 spiro atoms. The number of carbonyl (C=O) groups excluding carboxylic acids is 1. The van der Waals surface area contributed by atoms with Crippen molar-refractivity contribution < 1.29 is 22.7 Å². The van der Waals surface area contributed by atoms with Gasteiger partial charge in [-0.1, -0.05) is 24.3 Å². The van der Waals surface area contributed by atoms with Crippen molar-refractivity contribution in [3.63, 3.8) is 0 Å². The quantitative estimate of drug-likeness (QED) is 0.680. The van der Waals surface area contributed by atoms with Crippen molar-refractivity contribution in [2.75, 3.05) is 7.11 Å². The summed E-state index contributed by atoms with van der Waals surface area (Å²) < 4.78 is 45.1. The summed E-state index contributed by atoms with van der Waals surface area (Å²) in [5, 5.41) is 4.03. The highest BCUT2D eigenvalue weighted by atomic mass is 19.4. The third kappa shape index (κ3) is 2.63. The van der Waals surface area contributed by atoms with Gasteiger partial charge in [-0.25, -0.2) is 14.3 Å². The second kappa shape index (κ2) is 5.38. The van der Waals surface area contributed by atoms with Gasteiger partial charge in [-0.15, -0.1) is 5.10 Å². The molecule has 2 heterocycles. The summed E-state index contributed by atoms with van der Waals surface area (Å²) in [6.45, 7) is 0. The predicted molar refractivity (Wildman–Crippen MR) is 74.8 cm³/mol. The average molecular weight is 321 g/mol. The van der Waals surface area contributed by atoms with Crippen molar-refractivity contribution in [3.8, 4) is 11.4 Å². The van der Waals surface area contributed by atoms with Crippen LogP contribution in [0.5, 0.6) is 0 Å². The van der Waals surface area contributed by atoms with Gasteiger partial charge in [0.15, 0.2) is 17.2 Å². The van der Waals surface area contributed by atoms with Gasteiger partial charge >= 0.3 is 12.1 Å². The zero-order chi connectivity index (χ0) is 16.6. The van der Waals surface area contributed by atoms with Crippen LogP contribution in [0, 0.1) is 0 Å². The van der Waals surface area contributed by atoms with Crippen molar-refractivity contribution in [1.82, 2.24) is 14.6 Å². The molecule has 3 rings (SSSR count). The highest BCUT2D eigenvalue weighted by Crippen LogP contribution is 2.35. The van der Waals surface area contributed by atoms with E-state index in [1.54, 1.807) is 12.1 Å². The minimum absolute atomic E-state index is 0.0771. The van der Waals surface area contributed by atoms with Crippen LogP contribution in [0.15, 0.2) is 42.5 Å². The topological polar surface area (TPSA) is 56.5 Å². The molecule has 0 N–H and O–H groups in total. The van der Waals surface area contributed by atoms with E-state index in [1.165, 1.54) is 31.4 Å². The van der Waals surface area contributed by atoms with Crippen LogP contribution in [0.2, 0.25) is 0 Å². The molecule has 118 valence electrons. The number of benzene rings is 1. The number of hydrogen-bond donors (Lipinski definition) is 0. The predicted octanol–water partition coefficient (Wildman–Crippen LogP) is 3.20. The van der Waals surface area contributed by atoms with Crippen molar-refractivity contribution in [3.05, 3.63) is 53.7 Å². The Morgan fingerprint density at radius 3 is 2.57 bits per heavy atom. The molecule has 0 aliphatic carbocycles. The Hall–Kier alpha value is -2.90. The van der Waals surface area contributed by atoms with Crippen molar-refractivity contribution in [2.24, 2.45) is 0 Å². The van der Waals surface area contributed by atoms with E-state index in [0.717, 1.165) is 10.6 Å². The van der Waals surface area contributed by atoms with E-state index in [2.05, 4.69) is 14.8 Å². The number of esters is 1. The smallest absolute Gasteiger partial charge is 0.417 e. The lowest BCUT2D eigenvalue weighted by Crippen LogP contribution is -2.09. The van der Waals surface area contributed by atoms with E-state index >= 15 is 0 Å². The molecular weight excluding hydrogens is 311 g/mol. The maximum absolute atomic E-state index is 13.1. The second-order valence-corrected chi connectivity index (χ2v) is 4.65. The fraction of sp³-hybridized carbons (Fsp3) is 0.133. The number of nitrogens with zero attached hydrogens (tertiary/aromatic N) is 3. The van der Waals surface area contributed by atoms with Crippen molar-refractivity contribution in [1.29, 1.82) is 0 Å². The molecule has 5 nitrogen and oxygen atoms in total. The molecular formula is C15H10F3N3O2. The third-order valence-electron chi connectivity index (χ3n) is 3.23. The molecule has 0 radical (unpaired) electrons. The average Bonchev–Trinajstić information content (AvgIpc) is 2.97. The molecule has 0 bridgehead atoms. The van der Waals surface area contributed by atoms with Crippen LogP contribution >= 0.6 is 0 Å². The first-order valence-electron chi connectivity index (χ1n) is 6.52. The highest BCUT2D eigenvalue weighted by molar-refractivity contribution is 5.88. The van der Waals surface area contributed by atoms with Crippen LogP contribution < -0.4 is 0 Å². The Kier molecular flexibility index (Phi) is 3.51. The number of alkyl halides is 3. The number of hydrogen-bond acceptors (Lipinski definition) is 4. The Morgan fingerprint density at radius 1 is 1.13 bits per heavy atom. The number of halogens is 3. The Balaban J connectivity index is 2.22. The van der Waals surface area contributed by atoms with E-state index in [9.17, 15) is 18.0 Å². The van der Waals surface area contributed by atoms with Crippen LogP contribution in [-0.4, -0.2) is 27.7 Å². The Morgan fingerprint density at radius 2 is 1.87 bits per heavy atom. The molecule has 0 atom stereocenters. The number of ether oxygens (including phenoxy) is 1. The second-order valence-electron chi connectivity index (χ2n) is 4.65. The van der Waals surface area contributed by atoms with Gasteiger partial charge in [-0.05, 0) is 18.2 Å². The van der Waals surface area contributed by atoms with Gasteiger partial charge in [0, 0.05) is 5.56 Å². The summed E-state index contributed by atoms with van der Waals surface area (Å²) in [4.78, 5) is 15.8. The number of aromatic nitrogens is 3. The monoisotopic (exact) mass is 321 g/mol. The van der Waals surface area contributed by atoms with Crippen LogP contribution in [0.1, 0.15) is 16.1 Å². The molecule has 2 aromatic heterocycles. The van der Waals surface area contributed by atoms with E-state index < -0.39 is 17.7 Å². The standard InChI is InChI=1S/C15H10F3N3O2/c1-23-14(22)11-7-4-8-12-19-13(20-21(11)12)9-5-2-3-6-10(9)15(16,17)18/h2-8H,1H3. The van der Waals surface area contributed by atoms with Crippen LogP contribution in [0.4, 0.5) is 13.2 Å². The largest absolute Gasteiger partial charge is 0.464 e. The normalized spacial score (nSPS) is 11.7. The van der Waals surface area contributed by atoms with Gasteiger partial charge in [-0.3, -0.25) is 0 Å². The Bertz CT molecular complexity index is 887. The van der Waals surface area contributed by atoms with Gasteiger partial charge in [-0.2, -0.15) is 13.2 Å². The van der Waals surface area contributed by atoms with Gasteiger partial charge < -0.3 is 4.74 Å². The molecule has 23 heavy (non-hydrogen) atoms. The lowest BCUT2D eigenvalue weighted by molar-refractivity contribution is -0.137.